The van der Waals surface area contributed by atoms with Crippen molar-refractivity contribution in [2.24, 2.45) is 0 Å². The number of fused-ring (bicyclic) bond motifs is 1. The first-order valence-electron chi connectivity index (χ1n) is 5.97. The normalized spacial score (nSPS) is 11.3. The van der Waals surface area contributed by atoms with Crippen molar-refractivity contribution in [3.05, 3.63) is 23.2 Å². The summed E-state index contributed by atoms with van der Waals surface area (Å²) in [5.74, 6) is 0.678. The molecule has 0 aromatic carbocycles. The lowest BCUT2D eigenvalue weighted by Crippen LogP contribution is -1.84. The maximum atomic E-state index is 5.57. The molecule has 0 saturated heterocycles. The molecule has 19 heavy (non-hydrogen) atoms. The van der Waals surface area contributed by atoms with Gasteiger partial charge in [-0.1, -0.05) is 6.92 Å². The summed E-state index contributed by atoms with van der Waals surface area (Å²) in [6.07, 6.45) is 3.38. The molecule has 3 aromatic heterocycles. The summed E-state index contributed by atoms with van der Waals surface area (Å²) in [4.78, 5) is 8.60. The van der Waals surface area contributed by atoms with Crippen molar-refractivity contribution in [2.75, 3.05) is 0 Å². The summed E-state index contributed by atoms with van der Waals surface area (Å²) in [6, 6.07) is 0. The Morgan fingerprint density at radius 1 is 1.32 bits per heavy atom. The van der Waals surface area contributed by atoms with Crippen LogP contribution < -0.4 is 0 Å². The van der Waals surface area contributed by atoms with Gasteiger partial charge in [0.2, 0.25) is 5.89 Å². The minimum atomic E-state index is 0.537. The number of aryl methyl sites for hydroxylation is 2. The van der Waals surface area contributed by atoms with Gasteiger partial charge in [-0.05, 0) is 36.0 Å². The van der Waals surface area contributed by atoms with Gasteiger partial charge in [0.1, 0.15) is 11.4 Å². The lowest BCUT2D eigenvalue weighted by Gasteiger charge is -1.97. The number of rotatable bonds is 4. The largest absolute Gasteiger partial charge is 0.416 e. The van der Waals surface area contributed by atoms with Gasteiger partial charge < -0.3 is 4.42 Å². The molecule has 7 heteroatoms. The molecule has 5 nitrogen and oxygen atoms in total. The molecule has 98 valence electrons. The van der Waals surface area contributed by atoms with Gasteiger partial charge >= 0.3 is 0 Å². The Balaban J connectivity index is 1.92. The molecule has 0 saturated carbocycles. The van der Waals surface area contributed by atoms with E-state index in [4.69, 9.17) is 4.42 Å². The van der Waals surface area contributed by atoms with E-state index in [2.05, 4.69) is 32.5 Å². The highest BCUT2D eigenvalue weighted by Gasteiger charge is 2.13. The molecule has 0 N–H and O–H groups in total. The summed E-state index contributed by atoms with van der Waals surface area (Å²) in [5.41, 5.74) is 2.16. The van der Waals surface area contributed by atoms with Crippen LogP contribution >= 0.6 is 23.1 Å². The topological polar surface area (TPSA) is 64.7 Å². The highest BCUT2D eigenvalue weighted by molar-refractivity contribution is 7.99. The maximum absolute atomic E-state index is 5.57. The summed E-state index contributed by atoms with van der Waals surface area (Å²) < 4.78 is 6.64. The second-order valence-corrected chi connectivity index (χ2v) is 5.91. The SMILES string of the molecule is CCCc1nnc(Sc2ncnc3c(C)csc23)o1. The Morgan fingerprint density at radius 3 is 3.05 bits per heavy atom. The van der Waals surface area contributed by atoms with E-state index in [1.54, 1.807) is 17.7 Å². The first-order valence-corrected chi connectivity index (χ1v) is 7.66. The molecule has 3 heterocycles. The molecule has 0 unspecified atom stereocenters. The van der Waals surface area contributed by atoms with E-state index in [-0.39, 0.29) is 0 Å². The standard InChI is InChI=1S/C12H12N4OS2/c1-3-4-8-15-16-12(17-8)19-11-10-9(13-6-14-11)7(2)5-18-10/h5-6H,3-4H2,1-2H3. The Morgan fingerprint density at radius 2 is 2.21 bits per heavy atom. The number of hydrogen-bond donors (Lipinski definition) is 0. The van der Waals surface area contributed by atoms with Gasteiger partial charge in [-0.25, -0.2) is 9.97 Å². The van der Waals surface area contributed by atoms with Gasteiger partial charge in [-0.15, -0.1) is 21.5 Å². The fourth-order valence-corrected chi connectivity index (χ4v) is 3.53. The fraction of sp³-hybridized carbons (Fsp3) is 0.333. The Hall–Kier alpha value is -1.47. The van der Waals surface area contributed by atoms with E-state index in [0.717, 1.165) is 28.1 Å². The number of nitrogens with zero attached hydrogens (tertiary/aromatic N) is 4. The van der Waals surface area contributed by atoms with Crippen molar-refractivity contribution in [1.82, 2.24) is 20.2 Å². The minimum absolute atomic E-state index is 0.537. The first-order chi connectivity index (χ1) is 9.28. The van der Waals surface area contributed by atoms with Crippen LogP contribution in [0.4, 0.5) is 0 Å². The van der Waals surface area contributed by atoms with Crippen LogP contribution in [-0.2, 0) is 6.42 Å². The molecule has 0 spiro atoms. The van der Waals surface area contributed by atoms with Crippen LogP contribution in [-0.4, -0.2) is 20.2 Å². The predicted molar refractivity (Wildman–Crippen MR) is 74.6 cm³/mol. The van der Waals surface area contributed by atoms with Gasteiger partial charge in [0.15, 0.2) is 0 Å². The monoisotopic (exact) mass is 292 g/mol. The number of thiophene rings is 1. The smallest absolute Gasteiger partial charge is 0.282 e. The lowest BCUT2D eigenvalue weighted by molar-refractivity contribution is 0.411. The molecule has 0 bridgehead atoms. The van der Waals surface area contributed by atoms with Crippen LogP contribution in [0, 0.1) is 6.92 Å². The summed E-state index contributed by atoms with van der Waals surface area (Å²) in [5, 5.41) is 11.5. The van der Waals surface area contributed by atoms with E-state index in [1.165, 1.54) is 17.3 Å². The zero-order chi connectivity index (χ0) is 13.2. The van der Waals surface area contributed by atoms with Crippen molar-refractivity contribution in [1.29, 1.82) is 0 Å². The number of hydrogen-bond acceptors (Lipinski definition) is 7. The average Bonchev–Trinajstić information content (AvgIpc) is 2.99. The third-order valence-corrected chi connectivity index (χ3v) is 4.66. The first kappa shape index (κ1) is 12.6. The average molecular weight is 292 g/mol. The molecule has 0 aliphatic rings. The van der Waals surface area contributed by atoms with Gasteiger partial charge in [-0.2, -0.15) is 0 Å². The molecule has 3 rings (SSSR count). The summed E-state index contributed by atoms with van der Waals surface area (Å²) >= 11 is 3.04. The van der Waals surface area contributed by atoms with Crippen molar-refractivity contribution in [3.8, 4) is 0 Å². The Bertz CT molecular complexity index is 707. The highest BCUT2D eigenvalue weighted by Crippen LogP contribution is 2.34. The van der Waals surface area contributed by atoms with Crippen molar-refractivity contribution >= 4 is 33.3 Å². The highest BCUT2D eigenvalue weighted by atomic mass is 32.2. The van der Waals surface area contributed by atoms with E-state index in [1.807, 2.05) is 6.92 Å². The quantitative estimate of drug-likeness (QED) is 0.686. The Labute approximate surface area is 118 Å². The van der Waals surface area contributed by atoms with Crippen LogP contribution in [0.15, 0.2) is 26.4 Å². The third-order valence-electron chi connectivity index (χ3n) is 2.59. The van der Waals surface area contributed by atoms with E-state index in [9.17, 15) is 0 Å². The maximum Gasteiger partial charge on any atom is 0.282 e. The zero-order valence-electron chi connectivity index (χ0n) is 10.6. The van der Waals surface area contributed by atoms with Gasteiger partial charge in [-0.3, -0.25) is 0 Å². The third kappa shape index (κ3) is 2.48. The molecule has 0 atom stereocenters. The van der Waals surface area contributed by atoms with E-state index in [0.29, 0.717) is 11.1 Å². The van der Waals surface area contributed by atoms with Crippen LogP contribution in [0.5, 0.6) is 0 Å². The fourth-order valence-electron chi connectivity index (χ4n) is 1.70. The summed E-state index contributed by atoms with van der Waals surface area (Å²) in [6.45, 7) is 4.13. The molecular weight excluding hydrogens is 280 g/mol. The van der Waals surface area contributed by atoms with Crippen molar-refractivity contribution < 1.29 is 4.42 Å². The zero-order valence-corrected chi connectivity index (χ0v) is 12.2. The number of aromatic nitrogens is 4. The molecule has 0 aliphatic carbocycles. The van der Waals surface area contributed by atoms with E-state index >= 15 is 0 Å². The van der Waals surface area contributed by atoms with Crippen molar-refractivity contribution in [2.45, 2.75) is 36.9 Å². The van der Waals surface area contributed by atoms with E-state index < -0.39 is 0 Å². The molecule has 3 aromatic rings. The van der Waals surface area contributed by atoms with Gasteiger partial charge in [0, 0.05) is 6.42 Å². The molecular formula is C12H12N4OS2. The van der Waals surface area contributed by atoms with Crippen LogP contribution in [0.3, 0.4) is 0 Å². The predicted octanol–water partition coefficient (Wildman–Crippen LogP) is 3.49. The second-order valence-electron chi connectivity index (χ2n) is 4.09. The van der Waals surface area contributed by atoms with Crippen molar-refractivity contribution in [3.63, 3.8) is 0 Å². The Kier molecular flexibility index (Phi) is 3.48. The molecule has 0 amide bonds. The summed E-state index contributed by atoms with van der Waals surface area (Å²) in [7, 11) is 0. The molecule has 0 radical (unpaired) electrons. The lowest BCUT2D eigenvalue weighted by atomic mass is 10.3. The molecule has 0 fully saturated rings. The second kappa shape index (κ2) is 5.26. The van der Waals surface area contributed by atoms with Gasteiger partial charge in [0.25, 0.3) is 5.22 Å². The minimum Gasteiger partial charge on any atom is -0.416 e. The van der Waals surface area contributed by atoms with Crippen LogP contribution in [0.1, 0.15) is 24.8 Å². The van der Waals surface area contributed by atoms with Gasteiger partial charge in [0.05, 0.1) is 10.2 Å². The van der Waals surface area contributed by atoms with Crippen LogP contribution in [0.2, 0.25) is 0 Å². The van der Waals surface area contributed by atoms with Crippen LogP contribution in [0.25, 0.3) is 10.2 Å². The molecule has 0 aliphatic heterocycles.